The van der Waals surface area contributed by atoms with Crippen LogP contribution in [-0.2, 0) is 26.2 Å². The number of hydrogen-bond acceptors (Lipinski definition) is 5. The Kier molecular flexibility index (Phi) is 9.35. The summed E-state index contributed by atoms with van der Waals surface area (Å²) in [6.07, 6.45) is 1.04. The molecule has 0 aliphatic rings. The maximum atomic E-state index is 13.5. The number of carbonyl (C=O) groups is 2. The van der Waals surface area contributed by atoms with Gasteiger partial charge in [0.2, 0.25) is 21.8 Å². The molecule has 0 saturated heterocycles. The van der Waals surface area contributed by atoms with Crippen LogP contribution in [0.3, 0.4) is 0 Å². The molecule has 1 atom stereocenters. The summed E-state index contributed by atoms with van der Waals surface area (Å²) < 4.78 is 31.5. The molecule has 2 aromatic carbocycles. The summed E-state index contributed by atoms with van der Waals surface area (Å²) in [5.41, 5.74) is 1.73. The number of nitrogens with one attached hydrogen (secondary N) is 1. The van der Waals surface area contributed by atoms with E-state index < -0.39 is 28.5 Å². The summed E-state index contributed by atoms with van der Waals surface area (Å²) in [5.74, 6) is -0.180. The van der Waals surface area contributed by atoms with E-state index in [-0.39, 0.29) is 18.5 Å². The van der Waals surface area contributed by atoms with Crippen molar-refractivity contribution in [2.75, 3.05) is 24.2 Å². The Hall–Kier alpha value is -2.78. The van der Waals surface area contributed by atoms with Gasteiger partial charge in [-0.1, -0.05) is 23.7 Å². The maximum absolute atomic E-state index is 13.5. The number of carbonyl (C=O) groups excluding carboxylic acids is 2. The van der Waals surface area contributed by atoms with E-state index in [1.165, 1.54) is 4.90 Å². The lowest BCUT2D eigenvalue weighted by atomic mass is 10.1. The molecule has 0 aliphatic heterocycles. The third kappa shape index (κ3) is 7.36. The molecule has 2 amide bonds. The van der Waals surface area contributed by atoms with E-state index in [9.17, 15) is 18.0 Å². The van der Waals surface area contributed by atoms with Crippen molar-refractivity contribution in [2.45, 2.75) is 46.3 Å². The Bertz CT molecular complexity index is 1120. The summed E-state index contributed by atoms with van der Waals surface area (Å²) in [6.45, 7) is 6.66. The zero-order chi connectivity index (χ0) is 25.6. The number of aryl methyl sites for hydroxylation is 1. The molecule has 186 valence electrons. The van der Waals surface area contributed by atoms with Gasteiger partial charge in [-0.2, -0.15) is 0 Å². The van der Waals surface area contributed by atoms with Crippen LogP contribution in [-0.4, -0.2) is 57.1 Å². The zero-order valence-corrected chi connectivity index (χ0v) is 21.9. The molecule has 1 unspecified atom stereocenters. The topological polar surface area (TPSA) is 96.0 Å². The monoisotopic (exact) mass is 509 g/mol. The second kappa shape index (κ2) is 11.6. The van der Waals surface area contributed by atoms with Crippen molar-refractivity contribution in [3.05, 3.63) is 58.6 Å². The van der Waals surface area contributed by atoms with Crippen LogP contribution in [0.5, 0.6) is 5.75 Å². The highest BCUT2D eigenvalue weighted by atomic mass is 35.5. The SMILES string of the molecule is COc1ccc(CN(C(=O)CN(c2ccc(Cl)cc2C)S(C)(=O)=O)C(C)C(=O)NC(C)C)cc1. The third-order valence-corrected chi connectivity index (χ3v) is 6.58. The molecule has 2 rings (SSSR count). The Morgan fingerprint density at radius 3 is 2.21 bits per heavy atom. The van der Waals surface area contributed by atoms with Crippen LogP contribution < -0.4 is 14.4 Å². The number of amides is 2. The standard InChI is InChI=1S/C24H32ClN3O5S/c1-16(2)26-24(30)18(4)27(14-19-7-10-21(33-5)11-8-19)23(29)15-28(34(6,31)32)22-12-9-20(25)13-17(22)3/h7-13,16,18H,14-15H2,1-6H3,(H,26,30). The van der Waals surface area contributed by atoms with Gasteiger partial charge in [-0.15, -0.1) is 0 Å². The maximum Gasteiger partial charge on any atom is 0.244 e. The molecule has 10 heteroatoms. The fraction of sp³-hybridized carbons (Fsp3) is 0.417. The first-order valence-corrected chi connectivity index (χ1v) is 13.0. The quantitative estimate of drug-likeness (QED) is 0.529. The van der Waals surface area contributed by atoms with Crippen molar-refractivity contribution in [2.24, 2.45) is 0 Å². The molecular weight excluding hydrogens is 478 g/mol. The number of nitrogens with zero attached hydrogens (tertiary/aromatic N) is 2. The first-order valence-electron chi connectivity index (χ1n) is 10.8. The number of benzene rings is 2. The second-order valence-electron chi connectivity index (χ2n) is 8.41. The summed E-state index contributed by atoms with van der Waals surface area (Å²) in [4.78, 5) is 27.6. The van der Waals surface area contributed by atoms with E-state index >= 15 is 0 Å². The molecule has 0 aliphatic carbocycles. The van der Waals surface area contributed by atoms with Gasteiger partial charge in [-0.3, -0.25) is 13.9 Å². The van der Waals surface area contributed by atoms with Gasteiger partial charge in [0.25, 0.3) is 0 Å². The first-order chi connectivity index (χ1) is 15.8. The van der Waals surface area contributed by atoms with Gasteiger partial charge in [0.05, 0.1) is 19.1 Å². The largest absolute Gasteiger partial charge is 0.497 e. The van der Waals surface area contributed by atoms with E-state index in [0.717, 1.165) is 16.1 Å². The van der Waals surface area contributed by atoms with Crippen LogP contribution in [0, 0.1) is 6.92 Å². The van der Waals surface area contributed by atoms with Crippen molar-refractivity contribution in [3.8, 4) is 5.75 Å². The zero-order valence-electron chi connectivity index (χ0n) is 20.3. The Morgan fingerprint density at radius 2 is 1.71 bits per heavy atom. The lowest BCUT2D eigenvalue weighted by Gasteiger charge is -2.32. The van der Waals surface area contributed by atoms with Gasteiger partial charge >= 0.3 is 0 Å². The average molecular weight is 510 g/mol. The minimum absolute atomic E-state index is 0.114. The van der Waals surface area contributed by atoms with Crippen LogP contribution in [0.1, 0.15) is 31.9 Å². The number of sulfonamides is 1. The Morgan fingerprint density at radius 1 is 1.09 bits per heavy atom. The minimum atomic E-state index is -3.80. The van der Waals surface area contributed by atoms with E-state index in [1.54, 1.807) is 63.4 Å². The van der Waals surface area contributed by atoms with Crippen molar-refractivity contribution >= 4 is 39.1 Å². The van der Waals surface area contributed by atoms with E-state index in [1.807, 2.05) is 13.8 Å². The Labute approximate surface area is 206 Å². The minimum Gasteiger partial charge on any atom is -0.497 e. The number of ether oxygens (including phenoxy) is 1. The molecule has 0 spiro atoms. The molecule has 0 heterocycles. The number of hydrogen-bond donors (Lipinski definition) is 1. The summed E-state index contributed by atoms with van der Waals surface area (Å²) in [5, 5.41) is 3.27. The van der Waals surface area contributed by atoms with Gasteiger partial charge in [0.1, 0.15) is 18.3 Å². The lowest BCUT2D eigenvalue weighted by Crippen LogP contribution is -2.52. The molecule has 2 aromatic rings. The molecular formula is C24H32ClN3O5S. The van der Waals surface area contributed by atoms with Gasteiger partial charge in [0.15, 0.2) is 0 Å². The van der Waals surface area contributed by atoms with E-state index in [4.69, 9.17) is 16.3 Å². The number of anilines is 1. The van der Waals surface area contributed by atoms with Crippen molar-refractivity contribution in [3.63, 3.8) is 0 Å². The van der Waals surface area contributed by atoms with E-state index in [2.05, 4.69) is 5.32 Å². The molecule has 1 N–H and O–H groups in total. The molecule has 0 aromatic heterocycles. The second-order valence-corrected chi connectivity index (χ2v) is 10.8. The predicted molar refractivity (Wildman–Crippen MR) is 135 cm³/mol. The molecule has 0 fully saturated rings. The van der Waals surface area contributed by atoms with Gasteiger partial charge in [-0.25, -0.2) is 8.42 Å². The van der Waals surface area contributed by atoms with Crippen molar-refractivity contribution in [1.29, 1.82) is 0 Å². The fourth-order valence-electron chi connectivity index (χ4n) is 3.41. The lowest BCUT2D eigenvalue weighted by molar-refractivity contribution is -0.139. The highest BCUT2D eigenvalue weighted by molar-refractivity contribution is 7.92. The predicted octanol–water partition coefficient (Wildman–Crippen LogP) is 3.36. The highest BCUT2D eigenvalue weighted by Gasteiger charge is 2.30. The smallest absolute Gasteiger partial charge is 0.244 e. The number of methoxy groups -OCH3 is 1. The molecule has 0 radical (unpaired) electrons. The molecule has 8 nitrogen and oxygen atoms in total. The van der Waals surface area contributed by atoms with Crippen LogP contribution in [0.25, 0.3) is 0 Å². The van der Waals surface area contributed by atoms with Gasteiger partial charge in [0, 0.05) is 17.6 Å². The summed E-state index contributed by atoms with van der Waals surface area (Å²) >= 11 is 6.03. The number of halogens is 1. The fourth-order valence-corrected chi connectivity index (χ4v) is 4.54. The first kappa shape index (κ1) is 27.5. The summed E-state index contributed by atoms with van der Waals surface area (Å²) in [6, 6.07) is 10.9. The molecule has 0 bridgehead atoms. The average Bonchev–Trinajstić information content (AvgIpc) is 2.75. The van der Waals surface area contributed by atoms with Crippen molar-refractivity contribution in [1.82, 2.24) is 10.2 Å². The van der Waals surface area contributed by atoms with Crippen LogP contribution in [0.15, 0.2) is 42.5 Å². The highest BCUT2D eigenvalue weighted by Crippen LogP contribution is 2.26. The third-order valence-electron chi connectivity index (χ3n) is 5.22. The van der Waals surface area contributed by atoms with Crippen LogP contribution in [0.4, 0.5) is 5.69 Å². The normalized spacial score (nSPS) is 12.2. The molecule has 0 saturated carbocycles. The Balaban J connectivity index is 2.41. The molecule has 34 heavy (non-hydrogen) atoms. The summed E-state index contributed by atoms with van der Waals surface area (Å²) in [7, 11) is -2.25. The van der Waals surface area contributed by atoms with Gasteiger partial charge in [-0.05, 0) is 69.2 Å². The van der Waals surface area contributed by atoms with Crippen LogP contribution >= 0.6 is 11.6 Å². The van der Waals surface area contributed by atoms with E-state index in [0.29, 0.717) is 22.0 Å². The van der Waals surface area contributed by atoms with Gasteiger partial charge < -0.3 is 15.0 Å². The number of rotatable bonds is 10. The van der Waals surface area contributed by atoms with Crippen molar-refractivity contribution < 1.29 is 22.7 Å². The van der Waals surface area contributed by atoms with Crippen LogP contribution in [0.2, 0.25) is 5.02 Å².